The van der Waals surface area contributed by atoms with Gasteiger partial charge in [0.25, 0.3) is 5.91 Å². The van der Waals surface area contributed by atoms with Crippen molar-refractivity contribution in [2.45, 2.75) is 13.0 Å². The maximum atomic E-state index is 11.4. The average molecular weight is 259 g/mol. The first-order chi connectivity index (χ1) is 6.59. The van der Waals surface area contributed by atoms with E-state index in [1.807, 2.05) is 0 Å². The van der Waals surface area contributed by atoms with E-state index < -0.39 is 6.10 Å². The van der Waals surface area contributed by atoms with Crippen LogP contribution in [0.2, 0.25) is 0 Å². The molecule has 0 bridgehead atoms. The maximum absolute atomic E-state index is 11.4. The lowest BCUT2D eigenvalue weighted by Gasteiger charge is -2.06. The standard InChI is InChI=1S/C9H11BrN2O2/c1-6(13)5-12-9(14)7-2-3-11-8(10)4-7/h2-4,6,13H,5H2,1H3,(H,12,14)/t6-/m1/s1. The summed E-state index contributed by atoms with van der Waals surface area (Å²) in [4.78, 5) is 15.3. The monoisotopic (exact) mass is 258 g/mol. The van der Waals surface area contributed by atoms with E-state index in [1.165, 1.54) is 0 Å². The van der Waals surface area contributed by atoms with Gasteiger partial charge in [-0.25, -0.2) is 4.98 Å². The first-order valence-electron chi connectivity index (χ1n) is 4.17. The number of nitrogens with zero attached hydrogens (tertiary/aromatic N) is 1. The number of hydrogen-bond acceptors (Lipinski definition) is 3. The van der Waals surface area contributed by atoms with Crippen molar-refractivity contribution in [3.8, 4) is 0 Å². The molecule has 0 unspecified atom stereocenters. The minimum atomic E-state index is -0.538. The van der Waals surface area contributed by atoms with Crippen LogP contribution in [0, 0.1) is 0 Å². The zero-order valence-electron chi connectivity index (χ0n) is 7.70. The SMILES string of the molecule is C[C@@H](O)CNC(=O)c1ccnc(Br)c1. The lowest BCUT2D eigenvalue weighted by atomic mass is 10.2. The van der Waals surface area contributed by atoms with Crippen LogP contribution in [0.5, 0.6) is 0 Å². The highest BCUT2D eigenvalue weighted by Crippen LogP contribution is 2.07. The molecule has 0 saturated heterocycles. The molecule has 0 fully saturated rings. The predicted octanol–water partition coefficient (Wildman–Crippen LogP) is 0.955. The number of carbonyl (C=O) groups excluding carboxylic acids is 1. The van der Waals surface area contributed by atoms with E-state index in [0.29, 0.717) is 10.2 Å². The third-order valence-corrected chi connectivity index (χ3v) is 1.98. The van der Waals surface area contributed by atoms with Crippen molar-refractivity contribution in [2.75, 3.05) is 6.54 Å². The fourth-order valence-electron chi connectivity index (χ4n) is 0.886. The number of aliphatic hydroxyl groups excluding tert-OH is 1. The molecule has 2 N–H and O–H groups in total. The van der Waals surface area contributed by atoms with Gasteiger partial charge < -0.3 is 10.4 Å². The summed E-state index contributed by atoms with van der Waals surface area (Å²) in [5.74, 6) is -0.214. The zero-order valence-corrected chi connectivity index (χ0v) is 9.28. The molecule has 1 atom stereocenters. The normalized spacial score (nSPS) is 12.2. The number of hydrogen-bond donors (Lipinski definition) is 2. The third kappa shape index (κ3) is 3.43. The quantitative estimate of drug-likeness (QED) is 0.794. The minimum absolute atomic E-state index is 0.214. The fourth-order valence-corrected chi connectivity index (χ4v) is 1.25. The van der Waals surface area contributed by atoms with Gasteiger partial charge in [0.05, 0.1) is 6.10 Å². The Morgan fingerprint density at radius 2 is 2.50 bits per heavy atom. The number of nitrogens with one attached hydrogen (secondary N) is 1. The van der Waals surface area contributed by atoms with Crippen LogP contribution in [0.1, 0.15) is 17.3 Å². The van der Waals surface area contributed by atoms with Gasteiger partial charge in [0.2, 0.25) is 0 Å². The topological polar surface area (TPSA) is 62.2 Å². The lowest BCUT2D eigenvalue weighted by molar-refractivity contribution is 0.0924. The Morgan fingerprint density at radius 3 is 3.07 bits per heavy atom. The van der Waals surface area contributed by atoms with Crippen molar-refractivity contribution < 1.29 is 9.90 Å². The number of pyridine rings is 1. The van der Waals surface area contributed by atoms with Gasteiger partial charge in [0.1, 0.15) is 4.60 Å². The van der Waals surface area contributed by atoms with Gasteiger partial charge in [-0.3, -0.25) is 4.79 Å². The molecule has 0 spiro atoms. The summed E-state index contributed by atoms with van der Waals surface area (Å²) in [5.41, 5.74) is 0.521. The van der Waals surface area contributed by atoms with Gasteiger partial charge >= 0.3 is 0 Å². The molecular weight excluding hydrogens is 248 g/mol. The number of amides is 1. The molecule has 1 amide bonds. The first-order valence-corrected chi connectivity index (χ1v) is 4.96. The molecular formula is C9H11BrN2O2. The fraction of sp³-hybridized carbons (Fsp3) is 0.333. The highest BCUT2D eigenvalue weighted by atomic mass is 79.9. The Balaban J connectivity index is 2.61. The Bertz CT molecular complexity index is 328. The smallest absolute Gasteiger partial charge is 0.251 e. The van der Waals surface area contributed by atoms with E-state index in [2.05, 4.69) is 26.2 Å². The second-order valence-corrected chi connectivity index (χ2v) is 3.74. The van der Waals surface area contributed by atoms with Gasteiger partial charge in [0.15, 0.2) is 0 Å². The van der Waals surface area contributed by atoms with Gasteiger partial charge in [-0.1, -0.05) is 0 Å². The molecule has 1 aromatic heterocycles. The van der Waals surface area contributed by atoms with Crippen molar-refractivity contribution in [3.05, 3.63) is 28.5 Å². The van der Waals surface area contributed by atoms with E-state index in [1.54, 1.807) is 25.3 Å². The van der Waals surface area contributed by atoms with Crippen molar-refractivity contribution in [2.24, 2.45) is 0 Å². The number of aromatic nitrogens is 1. The molecule has 1 rings (SSSR count). The van der Waals surface area contributed by atoms with Crippen molar-refractivity contribution in [3.63, 3.8) is 0 Å². The van der Waals surface area contributed by atoms with E-state index >= 15 is 0 Å². The van der Waals surface area contributed by atoms with Crippen LogP contribution in [0.3, 0.4) is 0 Å². The molecule has 5 heteroatoms. The van der Waals surface area contributed by atoms with Crippen LogP contribution >= 0.6 is 15.9 Å². The second kappa shape index (κ2) is 5.07. The first kappa shape index (κ1) is 11.1. The minimum Gasteiger partial charge on any atom is -0.392 e. The second-order valence-electron chi connectivity index (χ2n) is 2.93. The molecule has 0 aromatic carbocycles. The summed E-state index contributed by atoms with van der Waals surface area (Å²) in [7, 11) is 0. The van der Waals surface area contributed by atoms with Crippen LogP contribution in [0.15, 0.2) is 22.9 Å². The Hall–Kier alpha value is -0.940. The van der Waals surface area contributed by atoms with E-state index in [4.69, 9.17) is 5.11 Å². The van der Waals surface area contributed by atoms with Gasteiger partial charge in [-0.05, 0) is 35.0 Å². The summed E-state index contributed by atoms with van der Waals surface area (Å²) in [6.45, 7) is 1.86. The largest absolute Gasteiger partial charge is 0.392 e. The summed E-state index contributed by atoms with van der Waals surface area (Å²) in [6, 6.07) is 3.24. The summed E-state index contributed by atoms with van der Waals surface area (Å²) >= 11 is 3.17. The molecule has 1 aromatic rings. The number of halogens is 1. The van der Waals surface area contributed by atoms with E-state index in [9.17, 15) is 4.79 Å². The van der Waals surface area contributed by atoms with Gasteiger partial charge in [-0.15, -0.1) is 0 Å². The molecule has 0 aliphatic heterocycles. The highest BCUT2D eigenvalue weighted by Gasteiger charge is 2.06. The summed E-state index contributed by atoms with van der Waals surface area (Å²) in [5, 5.41) is 11.6. The van der Waals surface area contributed by atoms with Crippen molar-refractivity contribution in [1.82, 2.24) is 10.3 Å². The lowest BCUT2D eigenvalue weighted by Crippen LogP contribution is -2.30. The molecule has 14 heavy (non-hydrogen) atoms. The zero-order chi connectivity index (χ0) is 10.6. The predicted molar refractivity (Wildman–Crippen MR) is 56.0 cm³/mol. The van der Waals surface area contributed by atoms with Crippen LogP contribution in [0.4, 0.5) is 0 Å². The number of rotatable bonds is 3. The Morgan fingerprint density at radius 1 is 1.79 bits per heavy atom. The average Bonchev–Trinajstić information content (AvgIpc) is 2.14. The molecule has 0 saturated carbocycles. The number of aliphatic hydroxyl groups is 1. The third-order valence-electron chi connectivity index (χ3n) is 1.55. The molecule has 4 nitrogen and oxygen atoms in total. The molecule has 1 heterocycles. The van der Waals surface area contributed by atoms with Crippen LogP contribution < -0.4 is 5.32 Å². The number of carbonyl (C=O) groups is 1. The van der Waals surface area contributed by atoms with Crippen molar-refractivity contribution >= 4 is 21.8 Å². The Labute approximate surface area is 90.5 Å². The molecule has 0 radical (unpaired) electrons. The summed E-state index contributed by atoms with van der Waals surface area (Å²) < 4.78 is 0.613. The van der Waals surface area contributed by atoms with Gasteiger partial charge in [-0.2, -0.15) is 0 Å². The van der Waals surface area contributed by atoms with E-state index in [0.717, 1.165) is 0 Å². The summed E-state index contributed by atoms with van der Waals surface area (Å²) in [6.07, 6.45) is 1.01. The van der Waals surface area contributed by atoms with Crippen molar-refractivity contribution in [1.29, 1.82) is 0 Å². The molecule has 0 aliphatic carbocycles. The van der Waals surface area contributed by atoms with Gasteiger partial charge in [0, 0.05) is 18.3 Å². The Kier molecular flexibility index (Phi) is 4.03. The van der Waals surface area contributed by atoms with Crippen LogP contribution in [-0.4, -0.2) is 28.6 Å². The van der Waals surface area contributed by atoms with E-state index in [-0.39, 0.29) is 12.5 Å². The maximum Gasteiger partial charge on any atom is 0.251 e. The van der Waals surface area contributed by atoms with Crippen LogP contribution in [0.25, 0.3) is 0 Å². The van der Waals surface area contributed by atoms with Crippen LogP contribution in [-0.2, 0) is 0 Å². The molecule has 76 valence electrons. The highest BCUT2D eigenvalue weighted by molar-refractivity contribution is 9.10. The molecule has 0 aliphatic rings.